The van der Waals surface area contributed by atoms with Gasteiger partial charge in [0.1, 0.15) is 11.6 Å². The van der Waals surface area contributed by atoms with Crippen molar-refractivity contribution in [3.63, 3.8) is 0 Å². The Morgan fingerprint density at radius 1 is 1.43 bits per heavy atom. The zero-order valence-electron chi connectivity index (χ0n) is 13.7. The molecule has 1 heterocycles. The van der Waals surface area contributed by atoms with Gasteiger partial charge in [0.05, 0.1) is 0 Å². The van der Waals surface area contributed by atoms with Crippen LogP contribution in [0.15, 0.2) is 0 Å². The number of piperidine rings is 1. The van der Waals surface area contributed by atoms with Crippen molar-refractivity contribution in [3.05, 3.63) is 0 Å². The third kappa shape index (κ3) is 5.19. The van der Waals surface area contributed by atoms with Gasteiger partial charge in [-0.2, -0.15) is 0 Å². The molecule has 21 heavy (non-hydrogen) atoms. The smallest absolute Gasteiger partial charge is 0.410 e. The highest BCUT2D eigenvalue weighted by molar-refractivity contribution is 5.73. The summed E-state index contributed by atoms with van der Waals surface area (Å²) in [5, 5.41) is 12.3. The summed E-state index contributed by atoms with van der Waals surface area (Å²) in [5.41, 5.74) is -0.524. The van der Waals surface area contributed by atoms with E-state index < -0.39 is 17.6 Å². The van der Waals surface area contributed by atoms with Crippen LogP contribution in [0.25, 0.3) is 0 Å². The normalized spacial score (nSPS) is 24.5. The van der Waals surface area contributed by atoms with Crippen molar-refractivity contribution in [1.29, 1.82) is 0 Å². The molecule has 3 atom stereocenters. The molecule has 6 nitrogen and oxygen atoms in total. The number of hydrogen-bond acceptors (Lipinski definition) is 4. The van der Waals surface area contributed by atoms with E-state index in [0.717, 1.165) is 12.8 Å². The molecule has 0 saturated carbocycles. The summed E-state index contributed by atoms with van der Waals surface area (Å²) in [7, 11) is 0. The summed E-state index contributed by atoms with van der Waals surface area (Å²) in [6, 6.07) is -0.676. The molecule has 1 aliphatic heterocycles. The van der Waals surface area contributed by atoms with Crippen LogP contribution >= 0.6 is 0 Å². The van der Waals surface area contributed by atoms with Crippen molar-refractivity contribution in [2.75, 3.05) is 6.54 Å². The standard InChI is InChI=1S/C15H28N2O4/c1-6-11(13(18)19)16-12-8-7-9-17(10(12)2)14(20)21-15(3,4)5/h10-12,16H,6-9H2,1-5H3,(H,18,19). The van der Waals surface area contributed by atoms with E-state index in [0.29, 0.717) is 13.0 Å². The molecule has 1 amide bonds. The number of nitrogens with one attached hydrogen (secondary N) is 1. The van der Waals surface area contributed by atoms with Crippen LogP contribution in [0.5, 0.6) is 0 Å². The van der Waals surface area contributed by atoms with E-state index in [1.807, 2.05) is 34.6 Å². The molecule has 3 unspecified atom stereocenters. The van der Waals surface area contributed by atoms with Gasteiger partial charge in [0.25, 0.3) is 0 Å². The molecule has 0 aliphatic carbocycles. The van der Waals surface area contributed by atoms with E-state index in [4.69, 9.17) is 9.84 Å². The number of hydrogen-bond donors (Lipinski definition) is 2. The van der Waals surface area contributed by atoms with Gasteiger partial charge >= 0.3 is 12.1 Å². The Hall–Kier alpha value is -1.30. The molecule has 0 spiro atoms. The van der Waals surface area contributed by atoms with Crippen LogP contribution in [-0.2, 0) is 9.53 Å². The molecule has 0 bridgehead atoms. The number of rotatable bonds is 4. The fraction of sp³-hybridized carbons (Fsp3) is 0.867. The molecule has 2 N–H and O–H groups in total. The minimum Gasteiger partial charge on any atom is -0.480 e. The molecule has 0 aromatic heterocycles. The lowest BCUT2D eigenvalue weighted by Gasteiger charge is -2.41. The molecule has 0 aromatic rings. The number of amides is 1. The molecular formula is C15H28N2O4. The van der Waals surface area contributed by atoms with E-state index >= 15 is 0 Å². The van der Waals surface area contributed by atoms with Gasteiger partial charge in [-0.05, 0) is 47.0 Å². The predicted octanol–water partition coefficient (Wildman–Crippen LogP) is 2.23. The molecule has 1 fully saturated rings. The summed E-state index contributed by atoms with van der Waals surface area (Å²) in [5.74, 6) is -0.848. The first-order valence-corrected chi connectivity index (χ1v) is 7.64. The second-order valence-electron chi connectivity index (χ2n) is 6.63. The quantitative estimate of drug-likeness (QED) is 0.832. The van der Waals surface area contributed by atoms with Gasteiger partial charge in [-0.1, -0.05) is 6.92 Å². The largest absolute Gasteiger partial charge is 0.480 e. The van der Waals surface area contributed by atoms with Crippen LogP contribution in [-0.4, -0.2) is 52.3 Å². The number of nitrogens with zero attached hydrogens (tertiary/aromatic N) is 1. The van der Waals surface area contributed by atoms with Gasteiger partial charge in [-0.25, -0.2) is 4.79 Å². The van der Waals surface area contributed by atoms with E-state index in [9.17, 15) is 9.59 Å². The highest BCUT2D eigenvalue weighted by Crippen LogP contribution is 2.21. The minimum atomic E-state index is -0.848. The van der Waals surface area contributed by atoms with Crippen molar-refractivity contribution in [3.8, 4) is 0 Å². The lowest BCUT2D eigenvalue weighted by molar-refractivity contribution is -0.140. The van der Waals surface area contributed by atoms with Crippen LogP contribution in [0, 0.1) is 0 Å². The van der Waals surface area contributed by atoms with Gasteiger partial charge in [0.2, 0.25) is 0 Å². The van der Waals surface area contributed by atoms with Crippen LogP contribution in [0.3, 0.4) is 0 Å². The topological polar surface area (TPSA) is 78.9 Å². The first-order valence-electron chi connectivity index (χ1n) is 7.64. The zero-order chi connectivity index (χ0) is 16.2. The Kier molecular flexibility index (Phi) is 6.01. The maximum atomic E-state index is 12.2. The summed E-state index contributed by atoms with van der Waals surface area (Å²) in [6.07, 6.45) is 1.90. The van der Waals surface area contributed by atoms with Gasteiger partial charge in [0, 0.05) is 18.6 Å². The van der Waals surface area contributed by atoms with Crippen molar-refractivity contribution in [2.24, 2.45) is 0 Å². The average molecular weight is 300 g/mol. The Morgan fingerprint density at radius 2 is 2.05 bits per heavy atom. The molecule has 1 saturated heterocycles. The maximum absolute atomic E-state index is 12.2. The number of likely N-dealkylation sites (tertiary alicyclic amines) is 1. The monoisotopic (exact) mass is 300 g/mol. The van der Waals surface area contributed by atoms with Crippen molar-refractivity contribution >= 4 is 12.1 Å². The van der Waals surface area contributed by atoms with Gasteiger partial charge < -0.3 is 14.7 Å². The van der Waals surface area contributed by atoms with Crippen LogP contribution in [0.4, 0.5) is 4.79 Å². The number of aliphatic carboxylic acids is 1. The van der Waals surface area contributed by atoms with Crippen LogP contribution in [0.1, 0.15) is 53.9 Å². The number of carboxylic acid groups (broad SMARTS) is 1. The lowest BCUT2D eigenvalue weighted by Crippen LogP contribution is -2.58. The number of carboxylic acids is 1. The van der Waals surface area contributed by atoms with E-state index in [-0.39, 0.29) is 18.2 Å². The molecule has 0 aromatic carbocycles. The second kappa shape index (κ2) is 7.11. The first-order chi connectivity index (χ1) is 9.65. The fourth-order valence-corrected chi connectivity index (χ4v) is 2.57. The molecule has 1 rings (SSSR count). The minimum absolute atomic E-state index is 0.0210. The van der Waals surface area contributed by atoms with Gasteiger partial charge in [-0.3, -0.25) is 10.1 Å². The third-order valence-corrected chi connectivity index (χ3v) is 3.74. The highest BCUT2D eigenvalue weighted by Gasteiger charge is 2.35. The molecular weight excluding hydrogens is 272 g/mol. The first kappa shape index (κ1) is 17.8. The highest BCUT2D eigenvalue weighted by atomic mass is 16.6. The second-order valence-corrected chi connectivity index (χ2v) is 6.63. The van der Waals surface area contributed by atoms with E-state index in [1.54, 1.807) is 4.90 Å². The Labute approximate surface area is 126 Å². The number of carbonyl (C=O) groups excluding carboxylic acids is 1. The van der Waals surface area contributed by atoms with Crippen molar-refractivity contribution in [1.82, 2.24) is 10.2 Å². The average Bonchev–Trinajstić information content (AvgIpc) is 2.34. The maximum Gasteiger partial charge on any atom is 0.410 e. The van der Waals surface area contributed by atoms with E-state index in [1.165, 1.54) is 0 Å². The molecule has 6 heteroatoms. The van der Waals surface area contributed by atoms with Crippen LogP contribution in [0.2, 0.25) is 0 Å². The number of carbonyl (C=O) groups is 2. The Balaban J connectivity index is 2.70. The van der Waals surface area contributed by atoms with Crippen molar-refractivity contribution in [2.45, 2.75) is 77.6 Å². The SMILES string of the molecule is CCC(NC1CCCN(C(=O)OC(C)(C)C)C1C)C(=O)O. The van der Waals surface area contributed by atoms with Gasteiger partial charge in [-0.15, -0.1) is 0 Å². The summed E-state index contributed by atoms with van der Waals surface area (Å²) >= 11 is 0. The zero-order valence-corrected chi connectivity index (χ0v) is 13.7. The fourth-order valence-electron chi connectivity index (χ4n) is 2.57. The number of ether oxygens (including phenoxy) is 1. The van der Waals surface area contributed by atoms with E-state index in [2.05, 4.69) is 5.32 Å². The Bertz CT molecular complexity index is 378. The lowest BCUT2D eigenvalue weighted by atomic mass is 9.96. The predicted molar refractivity (Wildman–Crippen MR) is 80.3 cm³/mol. The summed E-state index contributed by atoms with van der Waals surface area (Å²) in [6.45, 7) is 9.95. The molecule has 0 radical (unpaired) electrons. The Morgan fingerprint density at radius 3 is 2.52 bits per heavy atom. The van der Waals surface area contributed by atoms with Gasteiger partial charge in [0.15, 0.2) is 0 Å². The summed E-state index contributed by atoms with van der Waals surface area (Å²) in [4.78, 5) is 25.1. The summed E-state index contributed by atoms with van der Waals surface area (Å²) < 4.78 is 5.42. The molecule has 122 valence electrons. The third-order valence-electron chi connectivity index (χ3n) is 3.74. The van der Waals surface area contributed by atoms with Crippen molar-refractivity contribution < 1.29 is 19.4 Å². The van der Waals surface area contributed by atoms with Crippen LogP contribution < -0.4 is 5.32 Å². The molecule has 1 aliphatic rings.